The number of ether oxygens (including phenoxy) is 2. The molecular weight excluding hydrogens is 408 g/mol. The number of rotatable bonds is 6. The summed E-state index contributed by atoms with van der Waals surface area (Å²) in [4.78, 5) is 37.1. The average Bonchev–Trinajstić information content (AvgIpc) is 2.81. The number of methoxy groups -OCH3 is 1. The number of benzene rings is 1. The number of amides is 1. The molecule has 1 aliphatic rings. The molecule has 0 aliphatic carbocycles. The van der Waals surface area contributed by atoms with Crippen LogP contribution in [0.1, 0.15) is 31.1 Å². The van der Waals surface area contributed by atoms with E-state index >= 15 is 0 Å². The summed E-state index contributed by atoms with van der Waals surface area (Å²) < 4.78 is 11.2. The van der Waals surface area contributed by atoms with Gasteiger partial charge in [0.15, 0.2) is 17.3 Å². The van der Waals surface area contributed by atoms with Gasteiger partial charge in [0, 0.05) is 12.3 Å². The lowest BCUT2D eigenvalue weighted by Crippen LogP contribution is -2.41. The number of hydrogen-bond acceptors (Lipinski definition) is 6. The summed E-state index contributed by atoms with van der Waals surface area (Å²) in [5.41, 5.74) is 1.70. The molecule has 2 N–H and O–H groups in total. The van der Waals surface area contributed by atoms with Crippen molar-refractivity contribution in [2.45, 2.75) is 26.3 Å². The Morgan fingerprint density at radius 3 is 2.81 bits per heavy atom. The van der Waals surface area contributed by atoms with Crippen molar-refractivity contribution >= 4 is 5.91 Å². The molecular formula is C24H26N4O4. The van der Waals surface area contributed by atoms with Gasteiger partial charge in [0.25, 0.3) is 5.56 Å². The zero-order chi connectivity index (χ0) is 22.7. The molecule has 1 amide bonds. The summed E-state index contributed by atoms with van der Waals surface area (Å²) in [6.45, 7) is 4.21. The van der Waals surface area contributed by atoms with Gasteiger partial charge < -0.3 is 19.8 Å². The Bertz CT molecular complexity index is 1160. The quantitative estimate of drug-likeness (QED) is 0.618. The summed E-state index contributed by atoms with van der Waals surface area (Å²) >= 11 is 0. The lowest BCUT2D eigenvalue weighted by atomic mass is 9.94. The maximum atomic E-state index is 13.1. The van der Waals surface area contributed by atoms with Crippen LogP contribution in [0.25, 0.3) is 11.5 Å². The summed E-state index contributed by atoms with van der Waals surface area (Å²) in [5.74, 6) is 1.25. The third-order valence-electron chi connectivity index (χ3n) is 5.50. The minimum Gasteiger partial charge on any atom is -0.493 e. The molecule has 166 valence electrons. The van der Waals surface area contributed by atoms with Crippen LogP contribution < -0.4 is 20.3 Å². The Labute approximate surface area is 186 Å². The van der Waals surface area contributed by atoms with E-state index in [4.69, 9.17) is 9.47 Å². The van der Waals surface area contributed by atoms with E-state index in [0.29, 0.717) is 35.1 Å². The van der Waals surface area contributed by atoms with E-state index in [1.807, 2.05) is 38.1 Å². The summed E-state index contributed by atoms with van der Waals surface area (Å²) in [6.07, 6.45) is 2.19. The predicted molar refractivity (Wildman–Crippen MR) is 119 cm³/mol. The summed E-state index contributed by atoms with van der Waals surface area (Å²) in [6, 6.07) is 12.1. The predicted octanol–water partition coefficient (Wildman–Crippen LogP) is 2.91. The number of para-hydroxylation sites is 1. The highest BCUT2D eigenvalue weighted by atomic mass is 16.5. The Hall–Kier alpha value is -3.68. The van der Waals surface area contributed by atoms with E-state index in [2.05, 4.69) is 20.3 Å². The summed E-state index contributed by atoms with van der Waals surface area (Å²) in [7, 11) is 1.60. The number of pyridine rings is 1. The molecule has 8 nitrogen and oxygen atoms in total. The fourth-order valence-electron chi connectivity index (χ4n) is 3.84. The first-order chi connectivity index (χ1) is 15.5. The number of aromatic nitrogens is 3. The molecule has 0 unspecified atom stereocenters. The minimum atomic E-state index is -0.432. The fourth-order valence-corrected chi connectivity index (χ4v) is 3.84. The molecule has 2 aromatic heterocycles. The Balaban J connectivity index is 1.56. The Kier molecular flexibility index (Phi) is 6.20. The first-order valence-electron chi connectivity index (χ1n) is 10.6. The molecule has 8 heteroatoms. The molecule has 0 saturated heterocycles. The van der Waals surface area contributed by atoms with Gasteiger partial charge in [0.1, 0.15) is 12.3 Å². The van der Waals surface area contributed by atoms with Crippen molar-refractivity contribution in [3.8, 4) is 23.0 Å². The topological polar surface area (TPSA) is 106 Å². The molecule has 0 saturated carbocycles. The monoisotopic (exact) mass is 434 g/mol. The molecule has 3 heterocycles. The number of hydrogen-bond donors (Lipinski definition) is 2. The molecule has 0 bridgehead atoms. The third kappa shape index (κ3) is 4.49. The molecule has 1 aromatic carbocycles. The lowest BCUT2D eigenvalue weighted by molar-refractivity contribution is -0.127. The van der Waals surface area contributed by atoms with Crippen LogP contribution in [-0.4, -0.2) is 34.6 Å². The van der Waals surface area contributed by atoms with Crippen molar-refractivity contribution in [1.82, 2.24) is 20.3 Å². The number of H-pyrrole nitrogens is 1. The molecule has 0 fully saturated rings. The minimum absolute atomic E-state index is 0.0155. The zero-order valence-corrected chi connectivity index (χ0v) is 18.3. The van der Waals surface area contributed by atoms with Crippen LogP contribution in [0.15, 0.2) is 53.5 Å². The van der Waals surface area contributed by atoms with Crippen LogP contribution in [-0.2, 0) is 11.2 Å². The average molecular weight is 434 g/mol. The molecule has 2 atom stereocenters. The number of aromatic amines is 1. The highest BCUT2D eigenvalue weighted by Crippen LogP contribution is 2.36. The molecule has 0 spiro atoms. The second kappa shape index (κ2) is 9.21. The van der Waals surface area contributed by atoms with Crippen LogP contribution in [0.4, 0.5) is 0 Å². The first-order valence-corrected chi connectivity index (χ1v) is 10.6. The van der Waals surface area contributed by atoms with Gasteiger partial charge in [-0.05, 0) is 36.1 Å². The Morgan fingerprint density at radius 2 is 2.09 bits per heavy atom. The molecule has 0 radical (unpaired) electrons. The lowest BCUT2D eigenvalue weighted by Gasteiger charge is -2.29. The molecule has 32 heavy (non-hydrogen) atoms. The highest BCUT2D eigenvalue weighted by molar-refractivity contribution is 5.80. The first kappa shape index (κ1) is 21.5. The maximum absolute atomic E-state index is 13.1. The van der Waals surface area contributed by atoms with Crippen molar-refractivity contribution in [3.63, 3.8) is 0 Å². The van der Waals surface area contributed by atoms with Crippen LogP contribution >= 0.6 is 0 Å². The fraction of sp³-hybridized carbons (Fsp3) is 0.333. The van der Waals surface area contributed by atoms with Gasteiger partial charge in [-0.15, -0.1) is 0 Å². The zero-order valence-electron chi connectivity index (χ0n) is 18.3. The number of carbonyl (C=O) groups excluding carboxylic acids is 1. The van der Waals surface area contributed by atoms with E-state index in [-0.39, 0.29) is 29.9 Å². The van der Waals surface area contributed by atoms with Crippen LogP contribution in [0.5, 0.6) is 11.5 Å². The largest absolute Gasteiger partial charge is 0.493 e. The van der Waals surface area contributed by atoms with E-state index in [9.17, 15) is 9.59 Å². The van der Waals surface area contributed by atoms with Crippen molar-refractivity contribution in [2.75, 3.05) is 13.7 Å². The molecule has 4 rings (SSSR count). The van der Waals surface area contributed by atoms with E-state index in [1.54, 1.807) is 25.4 Å². The molecule has 3 aromatic rings. The van der Waals surface area contributed by atoms with Crippen LogP contribution in [0, 0.1) is 11.8 Å². The van der Waals surface area contributed by atoms with Crippen molar-refractivity contribution in [1.29, 1.82) is 0 Å². The number of nitrogens with zero attached hydrogens (tertiary/aromatic N) is 2. The smallest absolute Gasteiger partial charge is 0.251 e. The second-order valence-electron chi connectivity index (χ2n) is 8.12. The van der Waals surface area contributed by atoms with E-state index < -0.39 is 6.04 Å². The van der Waals surface area contributed by atoms with Crippen LogP contribution in [0.2, 0.25) is 0 Å². The second-order valence-corrected chi connectivity index (χ2v) is 8.12. The van der Waals surface area contributed by atoms with E-state index in [0.717, 1.165) is 5.56 Å². The third-order valence-corrected chi connectivity index (χ3v) is 5.50. The SMILES string of the molecule is COc1cccc2c1OC[C@H](C(=O)N[C@H](c1cc(=O)[nH]c(-c3ccccn3)n1)C(C)C)C2. The van der Waals surface area contributed by atoms with Crippen molar-refractivity contribution in [2.24, 2.45) is 11.8 Å². The highest BCUT2D eigenvalue weighted by Gasteiger charge is 2.30. The van der Waals surface area contributed by atoms with Gasteiger partial charge in [0.05, 0.1) is 24.8 Å². The van der Waals surface area contributed by atoms with Crippen molar-refractivity contribution < 1.29 is 14.3 Å². The van der Waals surface area contributed by atoms with Crippen molar-refractivity contribution in [3.05, 3.63) is 70.3 Å². The van der Waals surface area contributed by atoms with Gasteiger partial charge in [0.2, 0.25) is 5.91 Å². The van der Waals surface area contributed by atoms with E-state index in [1.165, 1.54) is 6.07 Å². The van der Waals surface area contributed by atoms with Gasteiger partial charge in [-0.1, -0.05) is 32.0 Å². The standard InChI is InChI=1S/C24H26N4O4/c1-14(2)21(18-12-20(29)27-23(26-18)17-8-4-5-10-25-17)28-24(30)16-11-15-7-6-9-19(31-3)22(15)32-13-16/h4-10,12,14,16,21H,11,13H2,1-3H3,(H,28,30)(H,26,27,29)/t16-,21+/m1/s1. The van der Waals surface area contributed by atoms with Gasteiger partial charge >= 0.3 is 0 Å². The van der Waals surface area contributed by atoms with Gasteiger partial charge in [-0.3, -0.25) is 14.6 Å². The van der Waals surface area contributed by atoms with Crippen LogP contribution in [0.3, 0.4) is 0 Å². The maximum Gasteiger partial charge on any atom is 0.251 e. The number of carbonyl (C=O) groups is 1. The van der Waals surface area contributed by atoms with Gasteiger partial charge in [-0.25, -0.2) is 4.98 Å². The normalized spacial score (nSPS) is 16.1. The molecule has 1 aliphatic heterocycles. The number of nitrogens with one attached hydrogen (secondary N) is 2. The number of fused-ring (bicyclic) bond motifs is 1. The van der Waals surface area contributed by atoms with Gasteiger partial charge in [-0.2, -0.15) is 0 Å². The summed E-state index contributed by atoms with van der Waals surface area (Å²) in [5, 5.41) is 3.08. The Morgan fingerprint density at radius 1 is 1.25 bits per heavy atom.